The van der Waals surface area contributed by atoms with E-state index in [4.69, 9.17) is 11.6 Å². The second-order valence-corrected chi connectivity index (χ2v) is 5.65. The first-order valence-corrected chi connectivity index (χ1v) is 6.89. The van der Waals surface area contributed by atoms with E-state index in [1.165, 1.54) is 12.3 Å². The highest BCUT2D eigenvalue weighted by atomic mass is 35.5. The zero-order valence-corrected chi connectivity index (χ0v) is 11.2. The van der Waals surface area contributed by atoms with Crippen LogP contribution >= 0.6 is 11.6 Å². The summed E-state index contributed by atoms with van der Waals surface area (Å²) in [6.45, 7) is 3.20. The number of fused-ring (bicyclic) bond motifs is 3. The molecule has 1 aromatic heterocycles. The molecule has 2 bridgehead atoms. The number of nitrogens with one attached hydrogen (secondary N) is 1. The van der Waals surface area contributed by atoms with Gasteiger partial charge in [-0.25, -0.2) is 4.98 Å². The zero-order valence-electron chi connectivity index (χ0n) is 10.5. The van der Waals surface area contributed by atoms with Gasteiger partial charge < -0.3 is 15.3 Å². The van der Waals surface area contributed by atoms with Crippen molar-refractivity contribution in [2.75, 3.05) is 19.6 Å². The third-order valence-corrected chi connectivity index (χ3v) is 4.34. The van der Waals surface area contributed by atoms with Crippen molar-refractivity contribution >= 4 is 17.5 Å². The Morgan fingerprint density at radius 2 is 2.21 bits per heavy atom. The summed E-state index contributed by atoms with van der Waals surface area (Å²) in [4.78, 5) is 18.4. The molecule has 6 heteroatoms. The van der Waals surface area contributed by atoms with Crippen LogP contribution in [0, 0.1) is 5.92 Å². The SMILES string of the molecule is O=C(N[C@H]1CN2CCC1CC2)c1cc(Cl)c(O)cn1. The lowest BCUT2D eigenvalue weighted by Gasteiger charge is -2.44. The average Bonchev–Trinajstić information content (AvgIpc) is 2.43. The number of pyridine rings is 1. The fraction of sp³-hybridized carbons (Fsp3) is 0.538. The van der Waals surface area contributed by atoms with E-state index in [9.17, 15) is 9.90 Å². The molecule has 0 saturated carbocycles. The van der Waals surface area contributed by atoms with Crippen LogP contribution < -0.4 is 5.32 Å². The van der Waals surface area contributed by atoms with Gasteiger partial charge in [-0.15, -0.1) is 0 Å². The Hall–Kier alpha value is -1.33. The lowest BCUT2D eigenvalue weighted by molar-refractivity contribution is 0.0618. The molecule has 4 rings (SSSR count). The Labute approximate surface area is 116 Å². The summed E-state index contributed by atoms with van der Waals surface area (Å²) in [5.74, 6) is 0.239. The lowest BCUT2D eigenvalue weighted by Crippen LogP contribution is -2.57. The van der Waals surface area contributed by atoms with E-state index in [1.54, 1.807) is 0 Å². The van der Waals surface area contributed by atoms with E-state index in [1.807, 2.05) is 0 Å². The molecular weight excluding hydrogens is 266 g/mol. The van der Waals surface area contributed by atoms with Crippen molar-refractivity contribution in [1.82, 2.24) is 15.2 Å². The second-order valence-electron chi connectivity index (χ2n) is 5.24. The number of amides is 1. The Morgan fingerprint density at radius 3 is 2.79 bits per heavy atom. The molecule has 0 unspecified atom stereocenters. The van der Waals surface area contributed by atoms with Gasteiger partial charge >= 0.3 is 0 Å². The van der Waals surface area contributed by atoms with Crippen LogP contribution in [0.15, 0.2) is 12.3 Å². The highest BCUT2D eigenvalue weighted by Gasteiger charge is 2.35. The summed E-state index contributed by atoms with van der Waals surface area (Å²) in [6, 6.07) is 1.59. The first-order chi connectivity index (χ1) is 9.13. The fourth-order valence-electron chi connectivity index (χ4n) is 2.92. The van der Waals surface area contributed by atoms with E-state index < -0.39 is 0 Å². The molecule has 102 valence electrons. The summed E-state index contributed by atoms with van der Waals surface area (Å²) in [5, 5.41) is 12.5. The largest absolute Gasteiger partial charge is 0.505 e. The topological polar surface area (TPSA) is 65.5 Å². The zero-order chi connectivity index (χ0) is 13.4. The van der Waals surface area contributed by atoms with Crippen LogP contribution in [0.1, 0.15) is 23.3 Å². The van der Waals surface area contributed by atoms with E-state index >= 15 is 0 Å². The number of hydrogen-bond acceptors (Lipinski definition) is 4. The van der Waals surface area contributed by atoms with Crippen molar-refractivity contribution in [3.05, 3.63) is 23.0 Å². The molecule has 19 heavy (non-hydrogen) atoms. The predicted octanol–water partition coefficient (Wildman–Crippen LogP) is 1.26. The van der Waals surface area contributed by atoms with E-state index in [-0.39, 0.29) is 28.4 Å². The van der Waals surface area contributed by atoms with E-state index in [0.29, 0.717) is 5.92 Å². The molecule has 3 aliphatic rings. The van der Waals surface area contributed by atoms with Crippen LogP contribution in [-0.4, -0.2) is 46.6 Å². The molecule has 3 aliphatic heterocycles. The van der Waals surface area contributed by atoms with Crippen LogP contribution in [0.5, 0.6) is 5.75 Å². The summed E-state index contributed by atoms with van der Waals surface area (Å²) in [7, 11) is 0. The van der Waals surface area contributed by atoms with E-state index in [2.05, 4.69) is 15.2 Å². The molecule has 3 saturated heterocycles. The number of carbonyl (C=O) groups excluding carboxylic acids is 1. The Balaban J connectivity index is 1.69. The first kappa shape index (κ1) is 12.7. The third-order valence-electron chi connectivity index (χ3n) is 4.04. The molecule has 0 aliphatic carbocycles. The number of hydrogen-bond donors (Lipinski definition) is 2. The monoisotopic (exact) mass is 281 g/mol. The standard InChI is InChI=1S/C13H16ClN3O2/c14-9-5-10(15-6-12(9)18)13(19)16-11-7-17-3-1-8(11)2-4-17/h5-6,8,11,18H,1-4,7H2,(H,16,19)/t11-/m0/s1. The summed E-state index contributed by atoms with van der Waals surface area (Å²) in [5.41, 5.74) is 0.249. The number of piperidine rings is 3. The molecule has 5 nitrogen and oxygen atoms in total. The maximum Gasteiger partial charge on any atom is 0.270 e. The van der Waals surface area contributed by atoms with Crippen LogP contribution in [0.4, 0.5) is 0 Å². The first-order valence-electron chi connectivity index (χ1n) is 6.51. The van der Waals surface area contributed by atoms with Crippen LogP contribution in [0.2, 0.25) is 5.02 Å². The summed E-state index contributed by atoms with van der Waals surface area (Å²) in [6.07, 6.45) is 3.50. The third kappa shape index (κ3) is 2.53. The minimum atomic E-state index is -0.222. The predicted molar refractivity (Wildman–Crippen MR) is 71.3 cm³/mol. The van der Waals surface area contributed by atoms with Gasteiger partial charge in [0, 0.05) is 12.6 Å². The number of carbonyl (C=O) groups is 1. The number of aromatic nitrogens is 1. The smallest absolute Gasteiger partial charge is 0.270 e. The van der Waals surface area contributed by atoms with Crippen molar-refractivity contribution in [1.29, 1.82) is 0 Å². The van der Waals surface area contributed by atoms with Gasteiger partial charge in [-0.3, -0.25) is 4.79 Å². The maximum atomic E-state index is 12.1. The molecule has 0 aromatic carbocycles. The number of halogens is 1. The molecule has 0 radical (unpaired) electrons. The van der Waals surface area contributed by atoms with Crippen LogP contribution in [-0.2, 0) is 0 Å². The molecule has 2 N–H and O–H groups in total. The van der Waals surface area contributed by atoms with Gasteiger partial charge in [-0.1, -0.05) is 11.6 Å². The van der Waals surface area contributed by atoms with Crippen molar-refractivity contribution in [2.45, 2.75) is 18.9 Å². The minimum absolute atomic E-state index is 0.110. The quantitative estimate of drug-likeness (QED) is 0.857. The highest BCUT2D eigenvalue weighted by Crippen LogP contribution is 2.28. The molecule has 0 spiro atoms. The van der Waals surface area contributed by atoms with Gasteiger partial charge in [0.05, 0.1) is 11.2 Å². The average molecular weight is 282 g/mol. The Kier molecular flexibility index (Phi) is 3.33. The van der Waals surface area contributed by atoms with E-state index in [0.717, 1.165) is 32.5 Å². The lowest BCUT2D eigenvalue weighted by atomic mass is 9.84. The molecule has 1 amide bonds. The molecular formula is C13H16ClN3O2. The normalized spacial score (nSPS) is 29.2. The van der Waals surface area contributed by atoms with Gasteiger partial charge in [0.1, 0.15) is 5.69 Å². The van der Waals surface area contributed by atoms with Crippen molar-refractivity contribution < 1.29 is 9.90 Å². The summed E-state index contributed by atoms with van der Waals surface area (Å²) < 4.78 is 0. The van der Waals surface area contributed by atoms with Gasteiger partial charge in [0.25, 0.3) is 5.91 Å². The molecule has 1 atom stereocenters. The summed E-state index contributed by atoms with van der Waals surface area (Å²) >= 11 is 5.79. The van der Waals surface area contributed by atoms with Gasteiger partial charge in [-0.2, -0.15) is 0 Å². The fourth-order valence-corrected chi connectivity index (χ4v) is 3.07. The molecule has 1 aromatic rings. The Bertz CT molecular complexity index is 501. The highest BCUT2D eigenvalue weighted by molar-refractivity contribution is 6.32. The van der Waals surface area contributed by atoms with Crippen LogP contribution in [0.3, 0.4) is 0 Å². The number of aromatic hydroxyl groups is 1. The van der Waals surface area contributed by atoms with Crippen molar-refractivity contribution in [3.8, 4) is 5.75 Å². The minimum Gasteiger partial charge on any atom is -0.505 e. The van der Waals surface area contributed by atoms with Gasteiger partial charge in [-0.05, 0) is 37.9 Å². The second kappa shape index (κ2) is 4.98. The van der Waals surface area contributed by atoms with Crippen LogP contribution in [0.25, 0.3) is 0 Å². The van der Waals surface area contributed by atoms with Gasteiger partial charge in [0.2, 0.25) is 0 Å². The number of rotatable bonds is 2. The maximum absolute atomic E-state index is 12.1. The van der Waals surface area contributed by atoms with Gasteiger partial charge in [0.15, 0.2) is 5.75 Å². The van der Waals surface area contributed by atoms with Crippen molar-refractivity contribution in [2.24, 2.45) is 5.92 Å². The molecule has 4 heterocycles. The Morgan fingerprint density at radius 1 is 1.47 bits per heavy atom. The van der Waals surface area contributed by atoms with Crippen molar-refractivity contribution in [3.63, 3.8) is 0 Å². The molecule has 3 fully saturated rings. The number of nitrogens with zero attached hydrogens (tertiary/aromatic N) is 2.